The zero-order chi connectivity index (χ0) is 21.6. The Hall–Kier alpha value is -2.73. The van der Waals surface area contributed by atoms with E-state index in [1.165, 1.54) is 17.7 Å². The summed E-state index contributed by atoms with van der Waals surface area (Å²) in [4.78, 5) is 23.4. The van der Waals surface area contributed by atoms with Gasteiger partial charge >= 0.3 is 5.97 Å². The van der Waals surface area contributed by atoms with Gasteiger partial charge in [-0.05, 0) is 58.6 Å². The summed E-state index contributed by atoms with van der Waals surface area (Å²) in [6.07, 6.45) is 0.584. The second-order valence-electron chi connectivity index (χ2n) is 8.96. The Morgan fingerprint density at radius 1 is 1.07 bits per heavy atom. The van der Waals surface area contributed by atoms with Crippen LogP contribution in [-0.2, 0) is 15.6 Å². The number of halogens is 1. The van der Waals surface area contributed by atoms with Gasteiger partial charge in [0.15, 0.2) is 6.10 Å². The summed E-state index contributed by atoms with van der Waals surface area (Å²) in [5.41, 5.74) is 2.30. The van der Waals surface area contributed by atoms with Gasteiger partial charge in [0.25, 0.3) is 5.91 Å². The number of rotatable bonds is 4. The van der Waals surface area contributed by atoms with Crippen LogP contribution in [0.2, 0.25) is 0 Å². The number of aliphatic hydroxyl groups excluding tert-OH is 1. The molecule has 0 aliphatic heterocycles. The monoisotopic (exact) mass is 403 g/mol. The summed E-state index contributed by atoms with van der Waals surface area (Å²) >= 11 is 0. The highest BCUT2D eigenvalue weighted by Gasteiger charge is 2.37. The first-order chi connectivity index (χ1) is 13.4. The number of aromatic carboxylic acids is 1. The lowest BCUT2D eigenvalue weighted by Crippen LogP contribution is -2.34. The van der Waals surface area contributed by atoms with E-state index in [1.54, 1.807) is 6.07 Å². The van der Waals surface area contributed by atoms with Crippen LogP contribution in [-0.4, -0.2) is 22.1 Å². The minimum absolute atomic E-state index is 0.0195. The third-order valence-electron chi connectivity index (χ3n) is 5.91. The van der Waals surface area contributed by atoms with E-state index in [4.69, 9.17) is 5.11 Å². The number of carboxylic acid groups (broad SMARTS) is 1. The Labute approximate surface area is 169 Å². The molecule has 5 nitrogen and oxygen atoms in total. The van der Waals surface area contributed by atoms with E-state index in [2.05, 4.69) is 33.0 Å². The standard InChI is InChI=1S/C23H26FNO4/c1-22(2)9-10-23(3,4)16-11-13(5-7-15(16)22)19(26)20(27)25-18-8-6-14(21(28)29)12-17(18)24/h5-8,11-12,19,26H,9-10H2,1-4H3,(H,25,27)(H,28,29)/t19-/m0/s1/i19+2,20+2. The van der Waals surface area contributed by atoms with E-state index in [0.717, 1.165) is 24.5 Å². The molecular formula is C23H26FNO4. The van der Waals surface area contributed by atoms with Crippen molar-refractivity contribution in [1.82, 2.24) is 0 Å². The molecule has 0 spiro atoms. The zero-order valence-electron chi connectivity index (χ0n) is 17.0. The van der Waals surface area contributed by atoms with Crippen molar-refractivity contribution in [3.63, 3.8) is 0 Å². The number of carboxylic acids is 1. The Balaban J connectivity index is 1.86. The fourth-order valence-electron chi connectivity index (χ4n) is 3.88. The van der Waals surface area contributed by atoms with Gasteiger partial charge in [-0.25, -0.2) is 9.18 Å². The molecule has 0 heterocycles. The van der Waals surface area contributed by atoms with Crippen LogP contribution in [0.15, 0.2) is 36.4 Å². The van der Waals surface area contributed by atoms with E-state index in [-0.39, 0.29) is 22.1 Å². The Kier molecular flexibility index (Phi) is 5.26. The van der Waals surface area contributed by atoms with E-state index in [0.29, 0.717) is 5.56 Å². The summed E-state index contributed by atoms with van der Waals surface area (Å²) in [7, 11) is 0. The third-order valence-corrected chi connectivity index (χ3v) is 5.91. The fraction of sp³-hybridized carbons (Fsp3) is 0.391. The topological polar surface area (TPSA) is 86.6 Å². The quantitative estimate of drug-likeness (QED) is 0.699. The molecule has 0 aromatic heterocycles. The van der Waals surface area contributed by atoms with E-state index in [9.17, 15) is 19.1 Å². The average Bonchev–Trinajstić information content (AvgIpc) is 2.66. The van der Waals surface area contributed by atoms with Crippen LogP contribution in [0.25, 0.3) is 0 Å². The van der Waals surface area contributed by atoms with Crippen LogP contribution in [0.5, 0.6) is 0 Å². The molecule has 0 unspecified atom stereocenters. The van der Waals surface area contributed by atoms with Gasteiger partial charge < -0.3 is 15.5 Å². The molecule has 3 N–H and O–H groups in total. The maximum absolute atomic E-state index is 14.1. The molecule has 3 rings (SSSR count). The first-order valence-corrected chi connectivity index (χ1v) is 9.59. The molecule has 1 aliphatic rings. The first kappa shape index (κ1) is 21.0. The van der Waals surface area contributed by atoms with Crippen LogP contribution >= 0.6 is 0 Å². The smallest absolute Gasteiger partial charge is 0.335 e. The lowest BCUT2D eigenvalue weighted by Gasteiger charge is -2.42. The molecule has 1 atom stereocenters. The summed E-state index contributed by atoms with van der Waals surface area (Å²) in [6.45, 7) is 8.67. The number of nitrogens with one attached hydrogen (secondary N) is 1. The van der Waals surface area contributed by atoms with E-state index >= 15 is 0 Å². The molecule has 2 aromatic carbocycles. The van der Waals surface area contributed by atoms with Crippen molar-refractivity contribution in [2.45, 2.75) is 57.5 Å². The highest BCUT2D eigenvalue weighted by atomic mass is 19.1. The van der Waals surface area contributed by atoms with Crippen molar-refractivity contribution >= 4 is 17.6 Å². The van der Waals surface area contributed by atoms with Gasteiger partial charge in [-0.2, -0.15) is 0 Å². The lowest BCUT2D eigenvalue weighted by molar-refractivity contribution is -0.124. The first-order valence-electron chi connectivity index (χ1n) is 9.59. The summed E-state index contributed by atoms with van der Waals surface area (Å²) in [6, 6.07) is 8.75. The van der Waals surface area contributed by atoms with Gasteiger partial charge in [0.05, 0.1) is 11.3 Å². The summed E-state index contributed by atoms with van der Waals surface area (Å²) in [5, 5.41) is 21.8. The highest BCUT2D eigenvalue weighted by Crippen LogP contribution is 2.46. The second-order valence-corrected chi connectivity index (χ2v) is 8.96. The number of carbonyl (C=O) groups is 2. The molecule has 0 fully saturated rings. The third kappa shape index (κ3) is 4.03. The Morgan fingerprint density at radius 2 is 1.69 bits per heavy atom. The molecule has 6 heteroatoms. The number of benzene rings is 2. The van der Waals surface area contributed by atoms with Crippen molar-refractivity contribution in [3.8, 4) is 0 Å². The Morgan fingerprint density at radius 3 is 2.28 bits per heavy atom. The van der Waals surface area contributed by atoms with Crippen molar-refractivity contribution in [3.05, 3.63) is 64.5 Å². The number of hydrogen-bond acceptors (Lipinski definition) is 3. The van der Waals surface area contributed by atoms with Gasteiger partial charge in [0.1, 0.15) is 5.82 Å². The number of carbonyl (C=O) groups excluding carboxylic acids is 1. The van der Waals surface area contributed by atoms with Gasteiger partial charge in [0.2, 0.25) is 0 Å². The number of hydrogen-bond donors (Lipinski definition) is 3. The van der Waals surface area contributed by atoms with E-state index in [1.807, 2.05) is 12.1 Å². The average molecular weight is 403 g/mol. The second kappa shape index (κ2) is 7.26. The normalized spacial score (nSPS) is 17.9. The van der Waals surface area contributed by atoms with Crippen molar-refractivity contribution < 1.29 is 24.2 Å². The molecule has 2 aromatic rings. The molecule has 1 aliphatic carbocycles. The van der Waals surface area contributed by atoms with Crippen LogP contribution in [0.4, 0.5) is 10.1 Å². The molecule has 154 valence electrons. The highest BCUT2D eigenvalue weighted by molar-refractivity contribution is 5.95. The number of anilines is 1. The van der Waals surface area contributed by atoms with Gasteiger partial charge in [0, 0.05) is 0 Å². The van der Waals surface area contributed by atoms with Crippen LogP contribution in [0, 0.1) is 5.82 Å². The minimum atomic E-state index is -1.47. The molecule has 29 heavy (non-hydrogen) atoms. The maximum atomic E-state index is 14.1. The van der Waals surface area contributed by atoms with Gasteiger partial charge in [-0.15, -0.1) is 0 Å². The van der Waals surface area contributed by atoms with Crippen molar-refractivity contribution in [1.29, 1.82) is 0 Å². The van der Waals surface area contributed by atoms with Crippen molar-refractivity contribution in [2.75, 3.05) is 5.32 Å². The van der Waals surface area contributed by atoms with Crippen LogP contribution in [0.1, 0.15) is 73.7 Å². The zero-order valence-corrected chi connectivity index (χ0v) is 17.0. The van der Waals surface area contributed by atoms with Gasteiger partial charge in [-0.3, -0.25) is 4.79 Å². The molecule has 0 bridgehead atoms. The van der Waals surface area contributed by atoms with E-state index < -0.39 is 23.8 Å². The number of fused-ring (bicyclic) bond motifs is 1. The summed E-state index contributed by atoms with van der Waals surface area (Å²) in [5.74, 6) is -2.92. The SMILES string of the molecule is CC1(C)CCC(C)(C)c2cc([14C@H](O)[14C](=O)Nc3ccc(C(=O)O)cc3F)ccc21. The Bertz CT molecular complexity index is 981. The molecule has 0 radical (unpaired) electrons. The largest absolute Gasteiger partial charge is 0.478 e. The van der Waals surface area contributed by atoms with Crippen molar-refractivity contribution in [2.24, 2.45) is 0 Å². The molecule has 1 amide bonds. The lowest BCUT2D eigenvalue weighted by atomic mass is 9.63. The molecular weight excluding hydrogens is 377 g/mol. The number of amides is 1. The predicted molar refractivity (Wildman–Crippen MR) is 109 cm³/mol. The van der Waals surface area contributed by atoms with Crippen LogP contribution < -0.4 is 5.32 Å². The maximum Gasteiger partial charge on any atom is 0.335 e. The predicted octanol–water partition coefficient (Wildman–Crippen LogP) is 4.55. The van der Waals surface area contributed by atoms with Gasteiger partial charge in [-0.1, -0.05) is 45.9 Å². The van der Waals surface area contributed by atoms with Crippen LogP contribution in [0.3, 0.4) is 0 Å². The summed E-state index contributed by atoms with van der Waals surface area (Å²) < 4.78 is 14.1. The number of aliphatic hydroxyl groups is 1. The fourth-order valence-corrected chi connectivity index (χ4v) is 3.88. The minimum Gasteiger partial charge on any atom is -0.478 e. The molecule has 0 saturated heterocycles. The molecule has 0 saturated carbocycles.